The monoisotopic (exact) mass is 299 g/mol. The van der Waals surface area contributed by atoms with Crippen LogP contribution >= 0.6 is 12.4 Å². The van der Waals surface area contributed by atoms with Crippen LogP contribution in [0, 0.1) is 0 Å². The van der Waals surface area contributed by atoms with E-state index >= 15 is 0 Å². The third kappa shape index (κ3) is 5.41. The summed E-state index contributed by atoms with van der Waals surface area (Å²) in [4.78, 5) is 2.36. The minimum Gasteiger partial charge on any atom is -0.493 e. The lowest BCUT2D eigenvalue weighted by molar-refractivity contribution is 0.0434. The molecule has 112 valence electrons. The Balaban J connectivity index is 0.00000200. The maximum absolute atomic E-state index is 5.66. The fourth-order valence-electron chi connectivity index (χ4n) is 1.95. The van der Waals surface area contributed by atoms with Gasteiger partial charge in [-0.15, -0.1) is 12.4 Å². The topological polar surface area (TPSA) is 30.9 Å². The highest BCUT2D eigenvalue weighted by atomic mass is 35.5. The smallest absolute Gasteiger partial charge is 0.161 e. The van der Waals surface area contributed by atoms with Crippen LogP contribution in [0.5, 0.6) is 11.5 Å². The predicted molar refractivity (Wildman–Crippen MR) is 82.1 cm³/mol. The molecule has 1 aliphatic heterocycles. The average Bonchev–Trinajstić information content (AvgIpc) is 2.48. The van der Waals surface area contributed by atoms with Gasteiger partial charge in [0.1, 0.15) is 6.61 Å². The maximum atomic E-state index is 5.66. The molecule has 0 radical (unpaired) electrons. The van der Waals surface area contributed by atoms with E-state index in [0.717, 1.165) is 44.3 Å². The van der Waals surface area contributed by atoms with E-state index < -0.39 is 0 Å². The first-order valence-electron chi connectivity index (χ1n) is 6.61. The highest BCUT2D eigenvalue weighted by molar-refractivity contribution is 5.85. The molecule has 2 rings (SSSR count). The largest absolute Gasteiger partial charge is 0.493 e. The molecule has 1 saturated heterocycles. The zero-order valence-corrected chi connectivity index (χ0v) is 12.6. The van der Waals surface area contributed by atoms with E-state index in [-0.39, 0.29) is 12.4 Å². The van der Waals surface area contributed by atoms with Gasteiger partial charge in [-0.1, -0.05) is 24.3 Å². The third-order valence-electron chi connectivity index (χ3n) is 3.04. The first-order valence-corrected chi connectivity index (χ1v) is 6.61. The molecule has 0 atom stereocenters. The molecule has 1 heterocycles. The molecule has 0 amide bonds. The van der Waals surface area contributed by atoms with E-state index in [0.29, 0.717) is 6.61 Å². The van der Waals surface area contributed by atoms with Crippen molar-refractivity contribution >= 4 is 12.4 Å². The van der Waals surface area contributed by atoms with Gasteiger partial charge in [-0.25, -0.2) is 0 Å². The third-order valence-corrected chi connectivity index (χ3v) is 3.04. The SMILES string of the molecule is COc1ccccc1OC/C=C/CN1CCOCC1.Cl. The lowest BCUT2D eigenvalue weighted by Gasteiger charge is -2.25. The fraction of sp³-hybridized carbons (Fsp3) is 0.467. The summed E-state index contributed by atoms with van der Waals surface area (Å²) in [5.41, 5.74) is 0. The van der Waals surface area contributed by atoms with Crippen molar-refractivity contribution < 1.29 is 14.2 Å². The minimum absolute atomic E-state index is 0. The summed E-state index contributed by atoms with van der Waals surface area (Å²) in [5, 5.41) is 0. The van der Waals surface area contributed by atoms with Crippen LogP contribution in [-0.2, 0) is 4.74 Å². The van der Waals surface area contributed by atoms with Crippen molar-refractivity contribution in [2.75, 3.05) is 46.6 Å². The number of rotatable bonds is 6. The molecule has 0 aromatic heterocycles. The second-order valence-corrected chi connectivity index (χ2v) is 4.35. The minimum atomic E-state index is 0. The van der Waals surface area contributed by atoms with Crippen LogP contribution in [-0.4, -0.2) is 51.5 Å². The number of para-hydroxylation sites is 2. The van der Waals surface area contributed by atoms with Crippen LogP contribution < -0.4 is 9.47 Å². The Bertz CT molecular complexity index is 406. The Morgan fingerprint density at radius 3 is 2.55 bits per heavy atom. The van der Waals surface area contributed by atoms with Gasteiger partial charge in [0.2, 0.25) is 0 Å². The number of morpholine rings is 1. The average molecular weight is 300 g/mol. The van der Waals surface area contributed by atoms with E-state index in [1.807, 2.05) is 30.3 Å². The summed E-state index contributed by atoms with van der Waals surface area (Å²) in [6, 6.07) is 7.68. The summed E-state index contributed by atoms with van der Waals surface area (Å²) in [6.45, 7) is 5.22. The lowest BCUT2D eigenvalue weighted by Crippen LogP contribution is -2.36. The number of nitrogens with zero attached hydrogens (tertiary/aromatic N) is 1. The van der Waals surface area contributed by atoms with E-state index in [1.54, 1.807) is 7.11 Å². The molecule has 1 fully saturated rings. The number of ether oxygens (including phenoxy) is 3. The zero-order chi connectivity index (χ0) is 13.3. The fourth-order valence-corrected chi connectivity index (χ4v) is 1.95. The second kappa shape index (κ2) is 9.64. The Morgan fingerprint density at radius 1 is 1.15 bits per heavy atom. The molecule has 4 nitrogen and oxygen atoms in total. The Labute approximate surface area is 126 Å². The van der Waals surface area contributed by atoms with E-state index in [1.165, 1.54) is 0 Å². The van der Waals surface area contributed by atoms with Gasteiger partial charge < -0.3 is 14.2 Å². The normalized spacial score (nSPS) is 15.8. The molecular formula is C15H22ClNO3. The van der Waals surface area contributed by atoms with Gasteiger partial charge in [-0.05, 0) is 12.1 Å². The number of benzene rings is 1. The molecule has 5 heteroatoms. The molecule has 1 aliphatic rings. The van der Waals surface area contributed by atoms with E-state index in [2.05, 4.69) is 11.0 Å². The van der Waals surface area contributed by atoms with Crippen molar-refractivity contribution in [2.45, 2.75) is 0 Å². The molecule has 1 aromatic carbocycles. The first kappa shape index (κ1) is 16.8. The highest BCUT2D eigenvalue weighted by Gasteiger charge is 2.07. The second-order valence-electron chi connectivity index (χ2n) is 4.35. The van der Waals surface area contributed by atoms with Crippen LogP contribution in [0.15, 0.2) is 36.4 Å². The molecule has 0 saturated carbocycles. The van der Waals surface area contributed by atoms with Gasteiger partial charge in [0.25, 0.3) is 0 Å². The van der Waals surface area contributed by atoms with Gasteiger partial charge in [-0.2, -0.15) is 0 Å². The Kier molecular flexibility index (Phi) is 8.11. The lowest BCUT2D eigenvalue weighted by atomic mass is 10.3. The molecule has 0 bridgehead atoms. The van der Waals surface area contributed by atoms with Crippen LogP contribution in [0.4, 0.5) is 0 Å². The summed E-state index contributed by atoms with van der Waals surface area (Å²) in [5.74, 6) is 1.55. The van der Waals surface area contributed by atoms with Crippen LogP contribution in [0.2, 0.25) is 0 Å². The molecule has 0 unspecified atom stereocenters. The molecule has 0 aliphatic carbocycles. The molecule has 1 aromatic rings. The maximum Gasteiger partial charge on any atom is 0.161 e. The van der Waals surface area contributed by atoms with Crippen molar-refractivity contribution in [2.24, 2.45) is 0 Å². The van der Waals surface area contributed by atoms with Crippen LogP contribution in [0.3, 0.4) is 0 Å². The Hall–Kier alpha value is -1.23. The number of halogens is 1. The molecule has 0 spiro atoms. The van der Waals surface area contributed by atoms with Crippen molar-refractivity contribution in [3.63, 3.8) is 0 Å². The molecule has 20 heavy (non-hydrogen) atoms. The number of hydrogen-bond acceptors (Lipinski definition) is 4. The molecular weight excluding hydrogens is 278 g/mol. The van der Waals surface area contributed by atoms with E-state index in [4.69, 9.17) is 14.2 Å². The summed E-state index contributed by atoms with van der Waals surface area (Å²) in [6.07, 6.45) is 4.18. The van der Waals surface area contributed by atoms with Crippen LogP contribution in [0.25, 0.3) is 0 Å². The quantitative estimate of drug-likeness (QED) is 0.755. The first-order chi connectivity index (χ1) is 9.40. The van der Waals surface area contributed by atoms with Crippen LogP contribution in [0.1, 0.15) is 0 Å². The summed E-state index contributed by atoms with van der Waals surface area (Å²) in [7, 11) is 1.65. The van der Waals surface area contributed by atoms with Gasteiger partial charge >= 0.3 is 0 Å². The van der Waals surface area contributed by atoms with Gasteiger partial charge in [0, 0.05) is 19.6 Å². The number of methoxy groups -OCH3 is 1. The zero-order valence-electron chi connectivity index (χ0n) is 11.8. The van der Waals surface area contributed by atoms with E-state index in [9.17, 15) is 0 Å². The van der Waals surface area contributed by atoms with Gasteiger partial charge in [0.15, 0.2) is 11.5 Å². The van der Waals surface area contributed by atoms with Crippen molar-refractivity contribution in [3.05, 3.63) is 36.4 Å². The van der Waals surface area contributed by atoms with Gasteiger partial charge in [0.05, 0.1) is 20.3 Å². The summed E-state index contributed by atoms with van der Waals surface area (Å²) < 4.78 is 16.2. The molecule has 0 N–H and O–H groups in total. The van der Waals surface area contributed by atoms with Crippen molar-refractivity contribution in [1.29, 1.82) is 0 Å². The predicted octanol–water partition coefficient (Wildman–Crippen LogP) is 2.38. The van der Waals surface area contributed by atoms with Gasteiger partial charge in [-0.3, -0.25) is 4.90 Å². The number of hydrogen-bond donors (Lipinski definition) is 0. The standard InChI is InChI=1S/C15H21NO3.ClH/c1-17-14-6-2-3-7-15(14)19-11-5-4-8-16-9-12-18-13-10-16;/h2-7H,8-13H2,1H3;1H/b5-4+;. The Morgan fingerprint density at radius 2 is 1.85 bits per heavy atom. The summed E-state index contributed by atoms with van der Waals surface area (Å²) >= 11 is 0. The van der Waals surface area contributed by atoms with Crippen molar-refractivity contribution in [1.82, 2.24) is 4.90 Å². The highest BCUT2D eigenvalue weighted by Crippen LogP contribution is 2.25. The van der Waals surface area contributed by atoms with Crippen molar-refractivity contribution in [3.8, 4) is 11.5 Å².